The summed E-state index contributed by atoms with van der Waals surface area (Å²) >= 11 is 0. The number of carbonyl (C=O) groups is 1. The zero-order valence-electron chi connectivity index (χ0n) is 16.8. The Morgan fingerprint density at radius 2 is 1.93 bits per heavy atom. The number of hydrogen-bond donors (Lipinski definition) is 1. The number of carbonyl (C=O) groups excluding carboxylic acids is 1. The summed E-state index contributed by atoms with van der Waals surface area (Å²) in [6, 6.07) is 14.8. The highest BCUT2D eigenvalue weighted by Gasteiger charge is 2.35. The van der Waals surface area contributed by atoms with E-state index in [1.54, 1.807) is 18.7 Å². The number of allylic oxidation sites excluding steroid dienone is 1. The molecule has 3 aromatic rings. The molecule has 0 bridgehead atoms. The number of methoxy groups -OCH3 is 2. The van der Waals surface area contributed by atoms with Crippen LogP contribution in [-0.4, -0.2) is 40.4 Å². The highest BCUT2D eigenvalue weighted by Crippen LogP contribution is 2.38. The monoisotopic (exact) mass is 407 g/mol. The summed E-state index contributed by atoms with van der Waals surface area (Å²) in [4.78, 5) is 12.5. The molecule has 2 heterocycles. The van der Waals surface area contributed by atoms with Crippen molar-refractivity contribution in [3.63, 3.8) is 0 Å². The lowest BCUT2D eigenvalue weighted by atomic mass is 9.95. The Morgan fingerprint density at radius 3 is 2.67 bits per heavy atom. The molecule has 1 aromatic heterocycles. The molecule has 1 atom stereocenters. The summed E-state index contributed by atoms with van der Waals surface area (Å²) in [6.45, 7) is 2.19. The lowest BCUT2D eigenvalue weighted by Gasteiger charge is -2.27. The fraction of sp³-hybridized carbons (Fsp3) is 0.238. The molecule has 154 valence electrons. The third-order valence-corrected chi connectivity index (χ3v) is 4.86. The van der Waals surface area contributed by atoms with Gasteiger partial charge in [0.1, 0.15) is 12.6 Å². The third-order valence-electron chi connectivity index (χ3n) is 4.86. The quantitative estimate of drug-likeness (QED) is 0.623. The summed E-state index contributed by atoms with van der Waals surface area (Å²) in [6.07, 6.45) is 0. The zero-order chi connectivity index (χ0) is 21.1. The van der Waals surface area contributed by atoms with Gasteiger partial charge in [0.05, 0.1) is 19.8 Å². The predicted octanol–water partition coefficient (Wildman–Crippen LogP) is 2.72. The minimum atomic E-state index is -0.569. The maximum atomic E-state index is 12.5. The van der Waals surface area contributed by atoms with Gasteiger partial charge in [-0.3, -0.25) is 0 Å². The van der Waals surface area contributed by atoms with Crippen LogP contribution in [-0.2, 0) is 16.1 Å². The van der Waals surface area contributed by atoms with Crippen LogP contribution < -0.4 is 14.8 Å². The Kier molecular flexibility index (Phi) is 5.34. The van der Waals surface area contributed by atoms with Crippen LogP contribution in [0.1, 0.15) is 24.1 Å². The summed E-state index contributed by atoms with van der Waals surface area (Å²) in [5, 5.41) is 14.8. The first-order valence-electron chi connectivity index (χ1n) is 9.31. The molecule has 0 spiro atoms. The van der Waals surface area contributed by atoms with Gasteiger partial charge in [0.2, 0.25) is 5.95 Å². The number of tetrazole rings is 1. The topological polar surface area (TPSA) is 100 Å². The van der Waals surface area contributed by atoms with Crippen molar-refractivity contribution < 1.29 is 19.0 Å². The molecule has 30 heavy (non-hydrogen) atoms. The summed E-state index contributed by atoms with van der Waals surface area (Å²) < 4.78 is 18.0. The van der Waals surface area contributed by atoms with Crippen molar-refractivity contribution in [1.82, 2.24) is 20.2 Å². The van der Waals surface area contributed by atoms with Gasteiger partial charge in [-0.2, -0.15) is 4.68 Å². The molecule has 0 radical (unpaired) electrons. The fourth-order valence-corrected chi connectivity index (χ4v) is 3.40. The molecular weight excluding hydrogens is 386 g/mol. The van der Waals surface area contributed by atoms with Crippen LogP contribution in [0, 0.1) is 0 Å². The molecule has 1 aliphatic rings. The first kappa shape index (κ1) is 19.4. The van der Waals surface area contributed by atoms with Crippen LogP contribution in [0.5, 0.6) is 11.5 Å². The van der Waals surface area contributed by atoms with E-state index in [1.165, 1.54) is 7.11 Å². The molecule has 0 saturated heterocycles. The van der Waals surface area contributed by atoms with E-state index < -0.39 is 12.0 Å². The number of hydrogen-bond acceptors (Lipinski definition) is 8. The molecule has 1 unspecified atom stereocenters. The van der Waals surface area contributed by atoms with Gasteiger partial charge in [0.25, 0.3) is 0 Å². The minimum Gasteiger partial charge on any atom is -0.493 e. The maximum absolute atomic E-state index is 12.5. The molecule has 1 aliphatic heterocycles. The van der Waals surface area contributed by atoms with Gasteiger partial charge in [-0.05, 0) is 40.6 Å². The first-order chi connectivity index (χ1) is 14.6. The predicted molar refractivity (Wildman–Crippen MR) is 108 cm³/mol. The number of benzene rings is 2. The molecule has 4 rings (SSSR count). The number of anilines is 1. The Labute approximate surface area is 173 Å². The van der Waals surface area contributed by atoms with E-state index in [-0.39, 0.29) is 0 Å². The molecule has 0 saturated carbocycles. The van der Waals surface area contributed by atoms with Gasteiger partial charge in [0, 0.05) is 5.70 Å². The van der Waals surface area contributed by atoms with Gasteiger partial charge in [-0.15, -0.1) is 0 Å². The number of aromatic nitrogens is 4. The Bertz CT molecular complexity index is 1090. The molecule has 9 nitrogen and oxygen atoms in total. The number of nitrogens with zero attached hydrogens (tertiary/aromatic N) is 4. The molecule has 0 fully saturated rings. The second kappa shape index (κ2) is 8.24. The smallest absolute Gasteiger partial charge is 0.338 e. The van der Waals surface area contributed by atoms with Crippen LogP contribution in [0.25, 0.3) is 0 Å². The van der Waals surface area contributed by atoms with Crippen molar-refractivity contribution in [2.45, 2.75) is 19.6 Å². The van der Waals surface area contributed by atoms with Crippen LogP contribution in [0.3, 0.4) is 0 Å². The van der Waals surface area contributed by atoms with E-state index in [4.69, 9.17) is 14.2 Å². The number of rotatable bonds is 6. The standard InChI is InChI=1S/C21H21N5O4/c1-13-18(20(27)29-3)19(26-21(22-13)23-24-25-26)15-9-10-16(17(11-15)28-2)30-12-14-7-5-4-6-8-14/h4-11,19H,12H2,1-3H3,(H,22,23,25). The van der Waals surface area contributed by atoms with Gasteiger partial charge in [0.15, 0.2) is 11.5 Å². The molecule has 0 aliphatic carbocycles. The minimum absolute atomic E-state index is 0.410. The summed E-state index contributed by atoms with van der Waals surface area (Å²) in [5.74, 6) is 1.11. The summed E-state index contributed by atoms with van der Waals surface area (Å²) in [5.41, 5.74) is 2.84. The molecular formula is C21H21N5O4. The van der Waals surface area contributed by atoms with Crippen LogP contribution in [0.15, 0.2) is 59.8 Å². The van der Waals surface area contributed by atoms with E-state index in [0.29, 0.717) is 35.3 Å². The van der Waals surface area contributed by atoms with Crippen LogP contribution in [0.2, 0.25) is 0 Å². The Hall–Kier alpha value is -3.88. The van der Waals surface area contributed by atoms with Gasteiger partial charge in [-0.25, -0.2) is 4.79 Å². The normalized spacial score (nSPS) is 15.2. The van der Waals surface area contributed by atoms with Gasteiger partial charge < -0.3 is 19.5 Å². The summed E-state index contributed by atoms with van der Waals surface area (Å²) in [7, 11) is 2.91. The Balaban J connectivity index is 1.70. The van der Waals surface area contributed by atoms with Crippen LogP contribution >= 0.6 is 0 Å². The fourth-order valence-electron chi connectivity index (χ4n) is 3.40. The maximum Gasteiger partial charge on any atom is 0.338 e. The van der Waals surface area contributed by atoms with Crippen molar-refractivity contribution >= 4 is 11.9 Å². The van der Waals surface area contributed by atoms with Crippen LogP contribution in [0.4, 0.5) is 5.95 Å². The Morgan fingerprint density at radius 1 is 1.13 bits per heavy atom. The largest absolute Gasteiger partial charge is 0.493 e. The van der Waals surface area contributed by atoms with Gasteiger partial charge >= 0.3 is 5.97 Å². The van der Waals surface area contributed by atoms with E-state index in [9.17, 15) is 4.79 Å². The first-order valence-corrected chi connectivity index (χ1v) is 9.31. The zero-order valence-corrected chi connectivity index (χ0v) is 16.8. The average Bonchev–Trinajstić information content (AvgIpc) is 3.24. The van der Waals surface area contributed by atoms with Crippen molar-refractivity contribution in [3.8, 4) is 11.5 Å². The number of fused-ring (bicyclic) bond motifs is 1. The van der Waals surface area contributed by atoms with Crippen molar-refractivity contribution in [3.05, 3.63) is 70.9 Å². The molecule has 9 heteroatoms. The number of nitrogens with one attached hydrogen (secondary N) is 1. The van der Waals surface area contributed by atoms with E-state index in [1.807, 2.05) is 48.5 Å². The van der Waals surface area contributed by atoms with Crippen molar-refractivity contribution in [2.24, 2.45) is 0 Å². The SMILES string of the molecule is COC(=O)C1=C(C)Nc2nnnn2C1c1ccc(OCc2ccccc2)c(OC)c1. The van der Waals surface area contributed by atoms with E-state index in [0.717, 1.165) is 11.1 Å². The average molecular weight is 407 g/mol. The molecule has 0 amide bonds. The second-order valence-electron chi connectivity index (χ2n) is 6.69. The molecule has 1 N–H and O–H groups in total. The second-order valence-corrected chi connectivity index (χ2v) is 6.69. The van der Waals surface area contributed by atoms with Gasteiger partial charge in [-0.1, -0.05) is 41.5 Å². The number of ether oxygens (including phenoxy) is 3. The van der Waals surface area contributed by atoms with Crippen molar-refractivity contribution in [2.75, 3.05) is 19.5 Å². The number of esters is 1. The molecule has 2 aromatic carbocycles. The van der Waals surface area contributed by atoms with E-state index >= 15 is 0 Å². The highest BCUT2D eigenvalue weighted by atomic mass is 16.5. The van der Waals surface area contributed by atoms with Crippen molar-refractivity contribution in [1.29, 1.82) is 0 Å². The third kappa shape index (κ3) is 3.57. The lowest BCUT2D eigenvalue weighted by molar-refractivity contribution is -0.136. The van der Waals surface area contributed by atoms with E-state index in [2.05, 4.69) is 20.8 Å². The highest BCUT2D eigenvalue weighted by molar-refractivity contribution is 5.92. The lowest BCUT2D eigenvalue weighted by Crippen LogP contribution is -2.29.